The molecule has 0 atom stereocenters. The molecule has 0 saturated carbocycles. The average molecular weight is 743 g/mol. The summed E-state index contributed by atoms with van der Waals surface area (Å²) in [4.78, 5) is 2.64. The second kappa shape index (κ2) is 11.7. The van der Waals surface area contributed by atoms with Crippen molar-refractivity contribution in [2.75, 3.05) is 4.90 Å². The van der Waals surface area contributed by atoms with Crippen LogP contribution in [-0.2, 0) is 21.7 Å². The second-order valence-corrected chi connectivity index (χ2v) is 20.8. The minimum atomic E-state index is -0.176. The molecule has 284 valence electrons. The molecule has 57 heavy (non-hydrogen) atoms. The Hall–Kier alpha value is -5.28. The molecule has 0 amide bonds. The summed E-state index contributed by atoms with van der Waals surface area (Å²) in [5, 5.41) is 1.39. The summed E-state index contributed by atoms with van der Waals surface area (Å²) in [5.74, 6) is 0. The van der Waals surface area contributed by atoms with Crippen LogP contribution in [0.15, 0.2) is 115 Å². The van der Waals surface area contributed by atoms with Crippen LogP contribution in [0.4, 0.5) is 17.1 Å². The van der Waals surface area contributed by atoms with E-state index in [4.69, 9.17) is 0 Å². The van der Waals surface area contributed by atoms with Crippen LogP contribution in [0.3, 0.4) is 0 Å². The summed E-state index contributed by atoms with van der Waals surface area (Å²) in [6.07, 6.45) is 0. The van der Waals surface area contributed by atoms with Crippen LogP contribution in [0, 0.1) is 6.92 Å². The summed E-state index contributed by atoms with van der Waals surface area (Å²) in [7, 11) is 0. The number of aryl methyl sites for hydroxylation is 1. The van der Waals surface area contributed by atoms with Crippen molar-refractivity contribution in [1.82, 2.24) is 4.57 Å². The standard InChI is InChI=1S/C54H55BN2/c1-32-26-45-48-46(27-32)57-49-39(47-37-20-16-17-21-40(37)54(11,12)50(47)57)29-36(53(8,9)10)30-42(49)55(48)41-24-22-35(52(5,6)7)31-44(41)56(45)43-25-23-34(51(2,3)4)28-38(43)33-18-14-13-15-19-33/h13-31H,1-12H3. The van der Waals surface area contributed by atoms with Crippen molar-refractivity contribution in [2.45, 2.75) is 105 Å². The van der Waals surface area contributed by atoms with E-state index in [9.17, 15) is 0 Å². The van der Waals surface area contributed by atoms with E-state index in [1.807, 2.05) is 0 Å². The number of fused-ring (bicyclic) bond motifs is 9. The third kappa shape index (κ3) is 5.10. The zero-order valence-electron chi connectivity index (χ0n) is 35.9. The van der Waals surface area contributed by atoms with E-state index >= 15 is 0 Å². The van der Waals surface area contributed by atoms with E-state index in [-0.39, 0.29) is 28.4 Å². The van der Waals surface area contributed by atoms with Crippen molar-refractivity contribution in [3.05, 3.63) is 149 Å². The third-order valence-corrected chi connectivity index (χ3v) is 13.4. The van der Waals surface area contributed by atoms with Gasteiger partial charge in [0.05, 0.1) is 5.69 Å². The van der Waals surface area contributed by atoms with E-state index in [1.54, 1.807) is 0 Å². The van der Waals surface area contributed by atoms with Gasteiger partial charge in [0, 0.05) is 50.2 Å². The number of hydrogen-bond acceptors (Lipinski definition) is 1. The van der Waals surface area contributed by atoms with Gasteiger partial charge in [0.25, 0.3) is 6.71 Å². The lowest BCUT2D eigenvalue weighted by molar-refractivity contribution is 0.590. The Morgan fingerprint density at radius 2 is 1.16 bits per heavy atom. The number of benzene rings is 6. The Morgan fingerprint density at radius 1 is 0.526 bits per heavy atom. The van der Waals surface area contributed by atoms with Gasteiger partial charge >= 0.3 is 0 Å². The number of nitrogens with zero attached hydrogens (tertiary/aromatic N) is 2. The van der Waals surface area contributed by atoms with Crippen LogP contribution in [0.1, 0.15) is 110 Å². The first-order chi connectivity index (χ1) is 26.9. The van der Waals surface area contributed by atoms with Crippen molar-refractivity contribution in [3.8, 4) is 27.9 Å². The lowest BCUT2D eigenvalue weighted by Crippen LogP contribution is -2.61. The van der Waals surface area contributed by atoms with E-state index in [1.165, 1.54) is 106 Å². The lowest BCUT2D eigenvalue weighted by atomic mass is 9.33. The summed E-state index contributed by atoms with van der Waals surface area (Å²) < 4.78 is 2.71. The summed E-state index contributed by atoms with van der Waals surface area (Å²) in [5.41, 5.74) is 23.9. The highest BCUT2D eigenvalue weighted by Crippen LogP contribution is 2.55. The fourth-order valence-electron chi connectivity index (χ4n) is 10.4. The molecule has 1 aliphatic carbocycles. The quantitative estimate of drug-likeness (QED) is 0.160. The van der Waals surface area contributed by atoms with Gasteiger partial charge in [-0.05, 0) is 115 Å². The minimum absolute atomic E-state index is 0.00783. The highest BCUT2D eigenvalue weighted by atomic mass is 15.2. The normalized spacial score (nSPS) is 15.1. The van der Waals surface area contributed by atoms with Gasteiger partial charge < -0.3 is 9.47 Å². The average Bonchev–Trinajstić information content (AvgIpc) is 3.62. The summed E-state index contributed by atoms with van der Waals surface area (Å²) in [6, 6.07) is 44.9. The molecule has 0 saturated heterocycles. The van der Waals surface area contributed by atoms with Gasteiger partial charge in [-0.1, -0.05) is 155 Å². The molecule has 0 fully saturated rings. The Kier molecular flexibility index (Phi) is 7.38. The predicted molar refractivity (Wildman–Crippen MR) is 246 cm³/mol. The van der Waals surface area contributed by atoms with E-state index < -0.39 is 0 Å². The van der Waals surface area contributed by atoms with Crippen LogP contribution in [0.5, 0.6) is 0 Å². The molecule has 0 N–H and O–H groups in total. The van der Waals surface area contributed by atoms with Gasteiger partial charge in [-0.3, -0.25) is 0 Å². The predicted octanol–water partition coefficient (Wildman–Crippen LogP) is 12.4. The summed E-state index contributed by atoms with van der Waals surface area (Å²) >= 11 is 0. The Labute approximate surface area is 340 Å². The first-order valence-corrected chi connectivity index (χ1v) is 21.0. The Balaban J connectivity index is 1.38. The number of hydrogen-bond donors (Lipinski definition) is 0. The molecule has 3 heterocycles. The summed E-state index contributed by atoms with van der Waals surface area (Å²) in [6.45, 7) is 28.4. The van der Waals surface area contributed by atoms with Gasteiger partial charge in [0.2, 0.25) is 0 Å². The zero-order valence-corrected chi connectivity index (χ0v) is 35.9. The molecule has 0 spiro atoms. The van der Waals surface area contributed by atoms with Crippen molar-refractivity contribution in [1.29, 1.82) is 0 Å². The van der Waals surface area contributed by atoms with E-state index in [2.05, 4.69) is 208 Å². The first-order valence-electron chi connectivity index (χ1n) is 21.0. The number of aromatic nitrogens is 1. The van der Waals surface area contributed by atoms with Crippen molar-refractivity contribution in [3.63, 3.8) is 0 Å². The van der Waals surface area contributed by atoms with Crippen LogP contribution < -0.4 is 21.3 Å². The molecule has 7 aromatic rings. The third-order valence-electron chi connectivity index (χ3n) is 13.4. The zero-order chi connectivity index (χ0) is 40.1. The van der Waals surface area contributed by atoms with Gasteiger partial charge in [-0.2, -0.15) is 0 Å². The smallest absolute Gasteiger partial charge is 0.252 e. The molecule has 3 heteroatoms. The largest absolute Gasteiger partial charge is 0.313 e. The maximum atomic E-state index is 2.71. The topological polar surface area (TPSA) is 8.17 Å². The number of rotatable bonds is 2. The Bertz CT molecular complexity index is 2830. The highest BCUT2D eigenvalue weighted by Gasteiger charge is 2.48. The number of anilines is 3. The molecule has 2 nitrogen and oxygen atoms in total. The monoisotopic (exact) mass is 742 g/mol. The van der Waals surface area contributed by atoms with Gasteiger partial charge in [0.15, 0.2) is 0 Å². The van der Waals surface area contributed by atoms with Crippen molar-refractivity contribution >= 4 is 51.1 Å². The van der Waals surface area contributed by atoms with Gasteiger partial charge in [-0.15, -0.1) is 0 Å². The molecular formula is C54H55BN2. The molecule has 2 aliphatic heterocycles. The molecule has 0 bridgehead atoms. The van der Waals surface area contributed by atoms with Crippen LogP contribution in [0.25, 0.3) is 38.8 Å². The Morgan fingerprint density at radius 3 is 1.86 bits per heavy atom. The fraction of sp³-hybridized carbons (Fsp3) is 0.296. The van der Waals surface area contributed by atoms with Gasteiger partial charge in [0.1, 0.15) is 0 Å². The maximum absolute atomic E-state index is 2.71. The highest BCUT2D eigenvalue weighted by molar-refractivity contribution is 7.00. The van der Waals surface area contributed by atoms with E-state index in [0.29, 0.717) is 0 Å². The molecule has 0 radical (unpaired) electrons. The fourth-order valence-corrected chi connectivity index (χ4v) is 10.4. The van der Waals surface area contributed by atoms with E-state index in [0.717, 1.165) is 0 Å². The molecule has 10 rings (SSSR count). The lowest BCUT2D eigenvalue weighted by Gasteiger charge is -2.43. The first kappa shape index (κ1) is 36.1. The van der Waals surface area contributed by atoms with Gasteiger partial charge in [-0.25, -0.2) is 0 Å². The molecule has 3 aliphatic rings. The second-order valence-electron chi connectivity index (χ2n) is 20.8. The van der Waals surface area contributed by atoms with Crippen LogP contribution in [0.2, 0.25) is 0 Å². The SMILES string of the molecule is Cc1cc2c3c(c1)-n1c4c(c5cc(C(C)(C)C)cc(c51)B3c1ccc(C(C)(C)C)cc1N2c1ccc(C(C)(C)C)cc1-c1ccccc1)-c1ccccc1C4(C)C. The molecule has 1 aromatic heterocycles. The maximum Gasteiger partial charge on any atom is 0.252 e. The molecule has 0 unspecified atom stereocenters. The molecular weight excluding hydrogens is 687 g/mol. The van der Waals surface area contributed by atoms with Crippen molar-refractivity contribution < 1.29 is 0 Å². The van der Waals surface area contributed by atoms with Crippen LogP contribution in [-0.4, -0.2) is 11.3 Å². The van der Waals surface area contributed by atoms with Crippen LogP contribution >= 0.6 is 0 Å². The molecule has 6 aromatic carbocycles. The van der Waals surface area contributed by atoms with Crippen molar-refractivity contribution in [2.24, 2.45) is 0 Å². The minimum Gasteiger partial charge on any atom is -0.313 e.